The van der Waals surface area contributed by atoms with Gasteiger partial charge in [0, 0.05) is 12.8 Å². The van der Waals surface area contributed by atoms with E-state index < -0.39 is 26.5 Å². The van der Waals surface area contributed by atoms with Crippen LogP contribution in [0.5, 0.6) is 0 Å². The van der Waals surface area contributed by atoms with Gasteiger partial charge in [-0.1, -0.05) is 141 Å². The molecule has 0 fully saturated rings. The molecule has 0 saturated heterocycles. The van der Waals surface area contributed by atoms with Crippen molar-refractivity contribution in [2.75, 3.05) is 47.5 Å². The highest BCUT2D eigenvalue weighted by atomic mass is 31.2. The first-order valence-electron chi connectivity index (χ1n) is 20.6. The molecule has 0 aliphatic heterocycles. The minimum absolute atomic E-state index is 0.0320. The molecule has 51 heavy (non-hydrogen) atoms. The molecule has 0 aromatic heterocycles. The number of esters is 2. The quantitative estimate of drug-likeness (QED) is 0.0220. The molecule has 300 valence electrons. The summed E-state index contributed by atoms with van der Waals surface area (Å²) in [5, 5.41) is 0. The molecule has 0 amide bonds. The number of rotatable bonds is 37. The normalized spacial score (nSPS) is 13.9. The molecule has 0 saturated carbocycles. The second-order valence-corrected chi connectivity index (χ2v) is 16.5. The number of hydrogen-bond acceptors (Lipinski definition) is 7. The Balaban J connectivity index is 4.21. The van der Waals surface area contributed by atoms with Crippen LogP contribution in [0.2, 0.25) is 0 Å². The minimum Gasteiger partial charge on any atom is -0.462 e. The fraction of sp³-hybridized carbons (Fsp3) is 0.854. The zero-order valence-electron chi connectivity index (χ0n) is 33.6. The summed E-state index contributed by atoms with van der Waals surface area (Å²) in [6.45, 7) is 4.33. The van der Waals surface area contributed by atoms with Crippen LogP contribution < -0.4 is 0 Å². The van der Waals surface area contributed by atoms with Gasteiger partial charge >= 0.3 is 19.8 Å². The summed E-state index contributed by atoms with van der Waals surface area (Å²) in [4.78, 5) is 35.0. The van der Waals surface area contributed by atoms with E-state index >= 15 is 0 Å². The van der Waals surface area contributed by atoms with Crippen LogP contribution in [0.4, 0.5) is 0 Å². The summed E-state index contributed by atoms with van der Waals surface area (Å²) in [5.41, 5.74) is 0. The number of quaternary nitrogens is 1. The van der Waals surface area contributed by atoms with Crippen molar-refractivity contribution in [3.8, 4) is 0 Å². The molecule has 2 atom stereocenters. The standard InChI is InChI=1S/C41H78NO8P/c1-6-8-10-12-14-15-16-17-18-19-20-21-22-23-24-25-26-27-28-30-32-34-41(44)50-39(37-47-40(43)33-31-29-13-11-9-7-2)38-49-51(45,46)48-36-35-42(3,4)5/h16-17,19-20,39H,6-15,18,21-38H2,1-5H3/p+1/b17-16-,20-19-. The van der Waals surface area contributed by atoms with E-state index in [1.165, 1.54) is 89.9 Å². The Kier molecular flexibility index (Phi) is 33.3. The SMILES string of the molecule is CCCCCCC/C=C\C/C=C\CCCCCCCCCCCC(=O)OC(COC(=O)CCCCCCCC)COP(=O)(O)OCC[N+](C)(C)C. The van der Waals surface area contributed by atoms with E-state index in [2.05, 4.69) is 38.2 Å². The molecule has 9 nitrogen and oxygen atoms in total. The van der Waals surface area contributed by atoms with Crippen molar-refractivity contribution < 1.29 is 42.1 Å². The lowest BCUT2D eigenvalue weighted by Crippen LogP contribution is -2.37. The molecule has 0 aromatic rings. The molecule has 10 heteroatoms. The molecule has 0 aromatic carbocycles. The third kappa shape index (κ3) is 38.0. The summed E-state index contributed by atoms with van der Waals surface area (Å²) in [5.74, 6) is -0.811. The van der Waals surface area contributed by atoms with Crippen LogP contribution in [0, 0.1) is 0 Å². The zero-order chi connectivity index (χ0) is 37.9. The number of allylic oxidation sites excluding steroid dienone is 4. The number of unbranched alkanes of at least 4 members (excludes halogenated alkanes) is 19. The van der Waals surface area contributed by atoms with Gasteiger partial charge in [-0.3, -0.25) is 18.6 Å². The highest BCUT2D eigenvalue weighted by molar-refractivity contribution is 7.47. The van der Waals surface area contributed by atoms with Gasteiger partial charge in [0.15, 0.2) is 6.10 Å². The van der Waals surface area contributed by atoms with Crippen LogP contribution in [-0.4, -0.2) is 74.9 Å². The fourth-order valence-electron chi connectivity index (χ4n) is 5.45. The summed E-state index contributed by atoms with van der Waals surface area (Å²) < 4.78 is 34.1. The Hall–Kier alpha value is -1.51. The van der Waals surface area contributed by atoms with Gasteiger partial charge in [0.25, 0.3) is 0 Å². The molecule has 0 aliphatic rings. The Morgan fingerprint density at radius 3 is 1.55 bits per heavy atom. The van der Waals surface area contributed by atoms with E-state index in [4.69, 9.17) is 18.5 Å². The lowest BCUT2D eigenvalue weighted by molar-refractivity contribution is -0.870. The van der Waals surface area contributed by atoms with Gasteiger partial charge in [0.05, 0.1) is 27.7 Å². The molecule has 0 bridgehead atoms. The van der Waals surface area contributed by atoms with Gasteiger partial charge in [-0.15, -0.1) is 0 Å². The van der Waals surface area contributed by atoms with Gasteiger partial charge in [-0.25, -0.2) is 4.57 Å². The number of hydrogen-bond donors (Lipinski definition) is 1. The number of likely N-dealkylation sites (N-methyl/N-ethyl adjacent to an activating group) is 1. The zero-order valence-corrected chi connectivity index (χ0v) is 34.5. The second-order valence-electron chi connectivity index (χ2n) is 15.0. The first-order valence-corrected chi connectivity index (χ1v) is 22.1. The molecule has 1 N–H and O–H groups in total. The third-order valence-corrected chi connectivity index (χ3v) is 9.72. The summed E-state index contributed by atoms with van der Waals surface area (Å²) >= 11 is 0. The van der Waals surface area contributed by atoms with E-state index in [-0.39, 0.29) is 32.0 Å². The molecule has 0 spiro atoms. The number of nitrogens with zero attached hydrogens (tertiary/aromatic N) is 1. The largest absolute Gasteiger partial charge is 0.472 e. The maximum Gasteiger partial charge on any atom is 0.472 e. The van der Waals surface area contributed by atoms with Gasteiger partial charge < -0.3 is 18.9 Å². The summed E-state index contributed by atoms with van der Waals surface area (Å²) in [6.07, 6.45) is 35.4. The van der Waals surface area contributed by atoms with Crippen LogP contribution >= 0.6 is 7.82 Å². The van der Waals surface area contributed by atoms with Crippen molar-refractivity contribution in [1.29, 1.82) is 0 Å². The second kappa shape index (κ2) is 34.3. The fourth-order valence-corrected chi connectivity index (χ4v) is 6.20. The third-order valence-electron chi connectivity index (χ3n) is 8.73. The summed E-state index contributed by atoms with van der Waals surface area (Å²) in [7, 11) is 1.47. The summed E-state index contributed by atoms with van der Waals surface area (Å²) in [6, 6.07) is 0. The van der Waals surface area contributed by atoms with Crippen LogP contribution in [0.15, 0.2) is 24.3 Å². The average molecular weight is 745 g/mol. The van der Waals surface area contributed by atoms with Gasteiger partial charge in [-0.2, -0.15) is 0 Å². The lowest BCUT2D eigenvalue weighted by atomic mass is 10.1. The molecule has 0 rings (SSSR count). The molecule has 0 aliphatic carbocycles. The van der Waals surface area contributed by atoms with Crippen molar-refractivity contribution in [2.45, 2.75) is 180 Å². The Morgan fingerprint density at radius 1 is 0.608 bits per heavy atom. The number of phosphoric ester groups is 1. The van der Waals surface area contributed by atoms with E-state index in [1.54, 1.807) is 0 Å². The average Bonchev–Trinajstić information content (AvgIpc) is 3.07. The van der Waals surface area contributed by atoms with E-state index in [9.17, 15) is 19.0 Å². The van der Waals surface area contributed by atoms with Gasteiger partial charge in [0.1, 0.15) is 19.8 Å². The number of phosphoric acid groups is 1. The smallest absolute Gasteiger partial charge is 0.462 e. The molecule has 0 heterocycles. The van der Waals surface area contributed by atoms with Crippen LogP contribution in [0.1, 0.15) is 174 Å². The van der Waals surface area contributed by atoms with Crippen molar-refractivity contribution in [3.05, 3.63) is 24.3 Å². The topological polar surface area (TPSA) is 108 Å². The van der Waals surface area contributed by atoms with Crippen molar-refractivity contribution in [2.24, 2.45) is 0 Å². The van der Waals surface area contributed by atoms with E-state index in [1.807, 2.05) is 21.1 Å². The van der Waals surface area contributed by atoms with Crippen LogP contribution in [0.3, 0.4) is 0 Å². The first kappa shape index (κ1) is 49.5. The van der Waals surface area contributed by atoms with Gasteiger partial charge in [-0.05, 0) is 44.9 Å². The van der Waals surface area contributed by atoms with Crippen molar-refractivity contribution in [3.63, 3.8) is 0 Å². The highest BCUT2D eigenvalue weighted by Crippen LogP contribution is 2.43. The highest BCUT2D eigenvalue weighted by Gasteiger charge is 2.27. The maximum atomic E-state index is 12.6. The Labute approximate surface area is 313 Å². The molecular weight excluding hydrogens is 665 g/mol. The molecule has 2 unspecified atom stereocenters. The Bertz CT molecular complexity index is 933. The van der Waals surface area contributed by atoms with E-state index in [0.717, 1.165) is 51.4 Å². The number of carbonyl (C=O) groups is 2. The van der Waals surface area contributed by atoms with E-state index in [0.29, 0.717) is 17.4 Å². The predicted molar refractivity (Wildman–Crippen MR) is 211 cm³/mol. The number of ether oxygens (including phenoxy) is 2. The molecule has 0 radical (unpaired) electrons. The maximum absolute atomic E-state index is 12.6. The van der Waals surface area contributed by atoms with Crippen molar-refractivity contribution in [1.82, 2.24) is 0 Å². The number of carbonyl (C=O) groups excluding carboxylic acids is 2. The van der Waals surface area contributed by atoms with Gasteiger partial charge in [0.2, 0.25) is 0 Å². The van der Waals surface area contributed by atoms with Crippen LogP contribution in [0.25, 0.3) is 0 Å². The molecular formula is C41H79NO8P+. The Morgan fingerprint density at radius 2 is 1.06 bits per heavy atom. The monoisotopic (exact) mass is 745 g/mol. The minimum atomic E-state index is -4.36. The lowest BCUT2D eigenvalue weighted by Gasteiger charge is -2.24. The predicted octanol–water partition coefficient (Wildman–Crippen LogP) is 11.2. The first-order chi connectivity index (χ1) is 24.5. The van der Waals surface area contributed by atoms with Crippen LogP contribution in [-0.2, 0) is 32.7 Å². The van der Waals surface area contributed by atoms with Crippen molar-refractivity contribution >= 4 is 19.8 Å².